The van der Waals surface area contributed by atoms with Crippen LogP contribution in [0, 0.1) is 17.3 Å². The second-order valence-electron chi connectivity index (χ2n) is 8.29. The molecule has 2 N–H and O–H groups in total. The third-order valence-corrected chi connectivity index (χ3v) is 4.78. The molecular formula is C18H29BN2O2. The number of anilines is 2. The van der Waals surface area contributed by atoms with E-state index in [1.54, 1.807) is 0 Å². The van der Waals surface area contributed by atoms with Crippen LogP contribution in [0.3, 0.4) is 0 Å². The van der Waals surface area contributed by atoms with E-state index >= 15 is 0 Å². The molecule has 0 aliphatic carbocycles. The minimum Gasteiger partial charge on any atom is -0.407 e. The van der Waals surface area contributed by atoms with Crippen molar-refractivity contribution in [1.82, 2.24) is 0 Å². The van der Waals surface area contributed by atoms with Crippen molar-refractivity contribution < 1.29 is 9.31 Å². The van der Waals surface area contributed by atoms with Crippen molar-refractivity contribution in [1.29, 1.82) is 0 Å². The van der Waals surface area contributed by atoms with Crippen molar-refractivity contribution in [3.63, 3.8) is 0 Å². The molecule has 0 aromatic heterocycles. The van der Waals surface area contributed by atoms with Gasteiger partial charge >= 0.3 is 7.12 Å². The topological polar surface area (TPSA) is 47.7 Å². The van der Waals surface area contributed by atoms with Gasteiger partial charge in [0.05, 0.1) is 11.4 Å². The van der Waals surface area contributed by atoms with Gasteiger partial charge in [-0.25, -0.2) is 0 Å². The quantitative estimate of drug-likeness (QED) is 0.673. The Morgan fingerprint density at radius 3 is 2.30 bits per heavy atom. The van der Waals surface area contributed by atoms with Crippen LogP contribution in [-0.4, -0.2) is 33.4 Å². The molecule has 23 heavy (non-hydrogen) atoms. The summed E-state index contributed by atoms with van der Waals surface area (Å²) in [7, 11) is -0.293. The molecule has 126 valence electrons. The van der Waals surface area contributed by atoms with E-state index in [1.165, 1.54) is 6.42 Å². The van der Waals surface area contributed by atoms with E-state index in [2.05, 4.69) is 44.7 Å². The molecule has 2 aliphatic rings. The summed E-state index contributed by atoms with van der Waals surface area (Å²) in [6.07, 6.45) is 1.30. The zero-order valence-electron chi connectivity index (χ0n) is 14.8. The molecule has 2 aliphatic heterocycles. The van der Waals surface area contributed by atoms with Crippen molar-refractivity contribution >= 4 is 24.0 Å². The van der Waals surface area contributed by atoms with E-state index in [9.17, 15) is 0 Å². The summed E-state index contributed by atoms with van der Waals surface area (Å²) in [5, 5.41) is 0. The number of hydrogen-bond acceptors (Lipinski definition) is 4. The first-order valence-corrected chi connectivity index (χ1v) is 8.72. The Balaban J connectivity index is 1.73. The molecule has 0 spiro atoms. The second kappa shape index (κ2) is 6.37. The number of piperidine rings is 1. The van der Waals surface area contributed by atoms with Crippen LogP contribution in [0.2, 0.25) is 0 Å². The van der Waals surface area contributed by atoms with Crippen molar-refractivity contribution in [3.8, 4) is 0 Å². The molecule has 5 heteroatoms. The van der Waals surface area contributed by atoms with Gasteiger partial charge in [0, 0.05) is 31.7 Å². The van der Waals surface area contributed by atoms with Gasteiger partial charge in [-0.15, -0.1) is 0 Å². The fourth-order valence-corrected chi connectivity index (χ4v) is 3.75. The van der Waals surface area contributed by atoms with Gasteiger partial charge in [-0.1, -0.05) is 33.8 Å². The first-order chi connectivity index (χ1) is 10.8. The Bertz CT molecular complexity index is 544. The molecular weight excluding hydrogens is 287 g/mol. The van der Waals surface area contributed by atoms with Crippen LogP contribution in [-0.2, 0) is 9.31 Å². The van der Waals surface area contributed by atoms with Gasteiger partial charge in [0.15, 0.2) is 0 Å². The number of rotatable bonds is 2. The molecule has 0 saturated carbocycles. The Kier molecular flexibility index (Phi) is 4.61. The highest BCUT2D eigenvalue weighted by Gasteiger charge is 2.34. The van der Waals surface area contributed by atoms with Crippen LogP contribution in [0.4, 0.5) is 11.4 Å². The lowest BCUT2D eigenvalue weighted by atomic mass is 9.75. The zero-order chi connectivity index (χ0) is 16.6. The Morgan fingerprint density at radius 2 is 1.74 bits per heavy atom. The highest BCUT2D eigenvalue weighted by atomic mass is 16.6. The number of benzene rings is 1. The van der Waals surface area contributed by atoms with Gasteiger partial charge in [-0.3, -0.25) is 0 Å². The zero-order valence-corrected chi connectivity index (χ0v) is 14.8. The highest BCUT2D eigenvalue weighted by molar-refractivity contribution is 6.61. The van der Waals surface area contributed by atoms with Crippen LogP contribution in [0.25, 0.3) is 0 Å². The largest absolute Gasteiger partial charge is 0.493 e. The molecule has 4 nitrogen and oxygen atoms in total. The van der Waals surface area contributed by atoms with Gasteiger partial charge in [-0.2, -0.15) is 0 Å². The first kappa shape index (κ1) is 16.7. The summed E-state index contributed by atoms with van der Waals surface area (Å²) < 4.78 is 11.7. The lowest BCUT2D eigenvalue weighted by molar-refractivity contribution is 0.0343. The normalized spacial score (nSPS) is 28.0. The SMILES string of the molecule is CC1CC(C)CN(c2ccc(B3OCC(C)(C)CO3)cc2N)C1. The van der Waals surface area contributed by atoms with Gasteiger partial charge in [0.2, 0.25) is 0 Å². The van der Waals surface area contributed by atoms with Crippen molar-refractivity contribution in [2.45, 2.75) is 34.1 Å². The van der Waals surface area contributed by atoms with E-state index in [0.29, 0.717) is 25.0 Å². The van der Waals surface area contributed by atoms with Crippen LogP contribution in [0.5, 0.6) is 0 Å². The number of nitrogens with two attached hydrogens (primary N) is 1. The van der Waals surface area contributed by atoms with Gasteiger partial charge in [0.1, 0.15) is 0 Å². The summed E-state index contributed by atoms with van der Waals surface area (Å²) in [5.41, 5.74) is 9.41. The summed E-state index contributed by atoms with van der Waals surface area (Å²) in [6, 6.07) is 6.24. The average Bonchev–Trinajstić information content (AvgIpc) is 2.46. The number of nitrogens with zero attached hydrogens (tertiary/aromatic N) is 1. The van der Waals surface area contributed by atoms with Crippen LogP contribution in [0.1, 0.15) is 34.1 Å². The van der Waals surface area contributed by atoms with E-state index in [-0.39, 0.29) is 12.5 Å². The molecule has 1 aromatic rings. The average molecular weight is 316 g/mol. The summed E-state index contributed by atoms with van der Waals surface area (Å²) >= 11 is 0. The van der Waals surface area contributed by atoms with Crippen molar-refractivity contribution in [2.24, 2.45) is 17.3 Å². The molecule has 1 aromatic carbocycles. The molecule has 2 heterocycles. The molecule has 0 bridgehead atoms. The predicted molar refractivity (Wildman–Crippen MR) is 97.1 cm³/mol. The second-order valence-corrected chi connectivity index (χ2v) is 8.29. The number of hydrogen-bond donors (Lipinski definition) is 1. The minimum atomic E-state index is -0.293. The third-order valence-electron chi connectivity index (χ3n) is 4.78. The predicted octanol–water partition coefficient (Wildman–Crippen LogP) is 2.52. The van der Waals surface area contributed by atoms with E-state index in [0.717, 1.165) is 29.9 Å². The Labute approximate surface area is 140 Å². The molecule has 0 radical (unpaired) electrons. The molecule has 2 unspecified atom stereocenters. The van der Waals surface area contributed by atoms with Crippen molar-refractivity contribution in [2.75, 3.05) is 36.9 Å². The molecule has 0 amide bonds. The summed E-state index contributed by atoms with van der Waals surface area (Å²) in [6.45, 7) is 12.5. The lowest BCUT2D eigenvalue weighted by Gasteiger charge is -2.37. The number of nitrogen functional groups attached to an aromatic ring is 1. The van der Waals surface area contributed by atoms with Crippen LogP contribution in [0.15, 0.2) is 18.2 Å². The maximum atomic E-state index is 6.35. The highest BCUT2D eigenvalue weighted by Crippen LogP contribution is 2.30. The monoisotopic (exact) mass is 316 g/mol. The molecule has 2 saturated heterocycles. The maximum absolute atomic E-state index is 6.35. The van der Waals surface area contributed by atoms with Gasteiger partial charge in [-0.05, 0) is 35.9 Å². The van der Waals surface area contributed by atoms with Gasteiger partial charge < -0.3 is 19.9 Å². The third kappa shape index (κ3) is 3.83. The van der Waals surface area contributed by atoms with Crippen LogP contribution < -0.4 is 16.1 Å². The van der Waals surface area contributed by atoms with E-state index in [4.69, 9.17) is 15.0 Å². The first-order valence-electron chi connectivity index (χ1n) is 8.72. The van der Waals surface area contributed by atoms with Crippen molar-refractivity contribution in [3.05, 3.63) is 18.2 Å². The maximum Gasteiger partial charge on any atom is 0.493 e. The fourth-order valence-electron chi connectivity index (χ4n) is 3.75. The van der Waals surface area contributed by atoms with Gasteiger partial charge in [0.25, 0.3) is 0 Å². The fraction of sp³-hybridized carbons (Fsp3) is 0.667. The van der Waals surface area contributed by atoms with E-state index in [1.807, 2.05) is 6.07 Å². The lowest BCUT2D eigenvalue weighted by Crippen LogP contribution is -2.47. The molecule has 3 rings (SSSR count). The standard InChI is InChI=1S/C18H29BN2O2/c1-13-7-14(2)10-21(9-13)17-6-5-15(8-16(17)20)19-22-11-18(3,4)12-23-19/h5-6,8,13-14H,7,9-12,20H2,1-4H3. The summed E-state index contributed by atoms with van der Waals surface area (Å²) in [5.74, 6) is 1.43. The summed E-state index contributed by atoms with van der Waals surface area (Å²) in [4.78, 5) is 2.42. The van der Waals surface area contributed by atoms with Crippen LogP contribution >= 0.6 is 0 Å². The Hall–Kier alpha value is -1.20. The smallest absolute Gasteiger partial charge is 0.407 e. The Morgan fingerprint density at radius 1 is 1.13 bits per heavy atom. The van der Waals surface area contributed by atoms with E-state index < -0.39 is 0 Å². The molecule has 2 atom stereocenters. The molecule has 2 fully saturated rings. The minimum absolute atomic E-state index is 0.0854.